The van der Waals surface area contributed by atoms with Crippen LogP contribution in [-0.2, 0) is 28.7 Å². The third-order valence-electron chi connectivity index (χ3n) is 10.3. The first-order valence-electron chi connectivity index (χ1n) is 16.4. The Bertz CT molecular complexity index is 1680. The quantitative estimate of drug-likeness (QED) is 0.369. The number of carbonyl (C=O) groups excluding carboxylic acids is 4. The highest BCUT2D eigenvalue weighted by Crippen LogP contribution is 2.59. The summed E-state index contributed by atoms with van der Waals surface area (Å²) in [5.74, 6) is -3.78. The largest absolute Gasteiger partial charge is 0.455 e. The van der Waals surface area contributed by atoms with Gasteiger partial charge in [0, 0.05) is 30.2 Å². The maximum Gasteiger partial charge on any atom is 0.313 e. The van der Waals surface area contributed by atoms with Gasteiger partial charge in [-0.05, 0) is 62.9 Å². The summed E-state index contributed by atoms with van der Waals surface area (Å²) in [7, 11) is 1.70. The van der Waals surface area contributed by atoms with Gasteiger partial charge in [0.15, 0.2) is 0 Å². The smallest absolute Gasteiger partial charge is 0.313 e. The topological polar surface area (TPSA) is 117 Å². The van der Waals surface area contributed by atoms with Crippen LogP contribution in [0.4, 0.5) is 5.69 Å². The van der Waals surface area contributed by atoms with Crippen molar-refractivity contribution in [2.24, 2.45) is 11.8 Å². The maximum atomic E-state index is 15.0. The number of cyclic esters (lactones) is 1. The second-order valence-corrected chi connectivity index (χ2v) is 14.3. The second-order valence-electron chi connectivity index (χ2n) is 13.4. The molecule has 1 N–H and O–H groups in total. The highest BCUT2D eigenvalue weighted by Gasteiger charge is 2.75. The number of benzene rings is 2. The van der Waals surface area contributed by atoms with Crippen LogP contribution >= 0.6 is 15.9 Å². The second kappa shape index (κ2) is 13.2. The first-order valence-corrected chi connectivity index (χ1v) is 17.2. The molecular weight excluding hydrogens is 678 g/mol. The van der Waals surface area contributed by atoms with E-state index in [0.29, 0.717) is 22.2 Å². The SMILES string of the molecule is Cc1ccc(C)c(N2C/C=C\CCC(=O)N(C)[C@@H](C)[C@H](c3ccccc3)OC(=O)[C@H]3[C@@H]4O[C@@]5(C=C4Br)[C@@H]3C(=O)N([C@H](C)CO)[C@@H]5C2=O)c1. The zero-order valence-electron chi connectivity index (χ0n) is 27.8. The summed E-state index contributed by atoms with van der Waals surface area (Å²) in [6.07, 6.45) is 4.47. The number of nitrogens with zero attached hydrogens (tertiary/aromatic N) is 3. The van der Waals surface area contributed by atoms with E-state index in [4.69, 9.17) is 9.47 Å². The zero-order chi connectivity index (χ0) is 34.5. The molecule has 3 amide bonds. The highest BCUT2D eigenvalue weighted by molar-refractivity contribution is 9.11. The van der Waals surface area contributed by atoms with E-state index in [1.165, 1.54) is 4.90 Å². The molecule has 6 rings (SSSR count). The average Bonchev–Trinajstić information content (AvgIpc) is 3.68. The molecule has 1 spiro atoms. The number of aliphatic hydroxyl groups is 1. The standard InChI is InChI=1S/C37H42BrN3O7/c1-21-15-16-22(2)27(18-21)40-17-11-7-10-14-28(43)39(5)24(4)31(25-12-8-6-9-13-25)47-36(46)29-30-34(44)41(23(3)20-42)33(35(40)45)37(30)19-26(38)32(29)48-37/h6-9,11-13,15-16,18-19,23-24,29-33,42H,10,14,17,20H2,1-5H3/b11-7-/t23-,24+,29-,30+,31-,32-,33-,37+/m1/s1. The van der Waals surface area contributed by atoms with E-state index in [9.17, 15) is 19.5 Å². The number of rotatable bonds is 4. The number of aryl methyl sites for hydroxylation is 2. The number of allylic oxidation sites excluding steroid dienone is 1. The summed E-state index contributed by atoms with van der Waals surface area (Å²) >= 11 is 3.60. The van der Waals surface area contributed by atoms with Gasteiger partial charge >= 0.3 is 5.97 Å². The third kappa shape index (κ3) is 5.59. The lowest BCUT2D eigenvalue weighted by Gasteiger charge is -2.38. The van der Waals surface area contributed by atoms with Crippen LogP contribution < -0.4 is 4.90 Å². The van der Waals surface area contributed by atoms with Crippen molar-refractivity contribution in [3.05, 3.63) is 87.9 Å². The summed E-state index contributed by atoms with van der Waals surface area (Å²) in [6.45, 7) is 7.17. The fourth-order valence-corrected chi connectivity index (χ4v) is 8.37. The van der Waals surface area contributed by atoms with Gasteiger partial charge in [0.2, 0.25) is 11.8 Å². The van der Waals surface area contributed by atoms with Crippen molar-refractivity contribution in [3.8, 4) is 0 Å². The molecule has 2 aromatic rings. The number of likely N-dealkylation sites (N-methyl/N-ethyl adjacent to an activating group) is 1. The van der Waals surface area contributed by atoms with Crippen molar-refractivity contribution in [2.45, 2.75) is 76.5 Å². The van der Waals surface area contributed by atoms with Gasteiger partial charge in [-0.15, -0.1) is 0 Å². The molecule has 5 bridgehead atoms. The molecule has 2 saturated heterocycles. The number of ether oxygens (including phenoxy) is 2. The molecule has 2 aromatic carbocycles. The number of hydrogen-bond donors (Lipinski definition) is 1. The van der Waals surface area contributed by atoms with Gasteiger partial charge in [-0.25, -0.2) is 0 Å². The van der Waals surface area contributed by atoms with Gasteiger partial charge < -0.3 is 29.3 Å². The van der Waals surface area contributed by atoms with Crippen LogP contribution in [0.15, 0.2) is 71.2 Å². The molecule has 48 heavy (non-hydrogen) atoms. The summed E-state index contributed by atoms with van der Waals surface area (Å²) in [5.41, 5.74) is 1.71. The molecule has 0 unspecified atom stereocenters. The Balaban J connectivity index is 1.51. The lowest BCUT2D eigenvalue weighted by atomic mass is 9.74. The van der Waals surface area contributed by atoms with Gasteiger partial charge in [0.25, 0.3) is 5.91 Å². The Morgan fingerprint density at radius 2 is 1.75 bits per heavy atom. The number of amides is 3. The summed E-state index contributed by atoms with van der Waals surface area (Å²) in [6, 6.07) is 12.6. The number of fused-ring (bicyclic) bond motifs is 2. The Kier molecular flexibility index (Phi) is 9.41. The fourth-order valence-electron chi connectivity index (χ4n) is 7.64. The Labute approximate surface area is 289 Å². The lowest BCUT2D eigenvalue weighted by Crippen LogP contribution is -2.58. The summed E-state index contributed by atoms with van der Waals surface area (Å²) < 4.78 is 13.5. The molecule has 0 saturated carbocycles. The molecule has 4 aliphatic heterocycles. The van der Waals surface area contributed by atoms with Crippen LogP contribution in [0.25, 0.3) is 0 Å². The highest BCUT2D eigenvalue weighted by atomic mass is 79.9. The van der Waals surface area contributed by atoms with E-state index in [-0.39, 0.29) is 25.5 Å². The molecule has 0 aromatic heterocycles. The molecule has 2 fully saturated rings. The molecule has 0 aliphatic carbocycles. The molecule has 11 heteroatoms. The minimum atomic E-state index is -1.49. The number of hydrogen-bond acceptors (Lipinski definition) is 7. The lowest BCUT2D eigenvalue weighted by molar-refractivity contribution is -0.164. The molecule has 8 atom stereocenters. The van der Waals surface area contributed by atoms with E-state index in [1.54, 1.807) is 29.8 Å². The van der Waals surface area contributed by atoms with Crippen molar-refractivity contribution < 1.29 is 33.8 Å². The Morgan fingerprint density at radius 3 is 2.46 bits per heavy atom. The zero-order valence-corrected chi connectivity index (χ0v) is 29.4. The Hall–Kier alpha value is -3.80. The predicted molar refractivity (Wildman–Crippen MR) is 183 cm³/mol. The van der Waals surface area contributed by atoms with Gasteiger partial charge in [-0.3, -0.25) is 19.2 Å². The molecule has 4 aliphatic rings. The summed E-state index contributed by atoms with van der Waals surface area (Å²) in [4.78, 5) is 62.0. The van der Waals surface area contributed by atoms with Crippen molar-refractivity contribution in [1.29, 1.82) is 0 Å². The van der Waals surface area contributed by atoms with Crippen LogP contribution in [0.2, 0.25) is 0 Å². The van der Waals surface area contributed by atoms with Gasteiger partial charge in [0.05, 0.1) is 24.6 Å². The number of likely N-dealkylation sites (tertiary alicyclic amines) is 1. The van der Waals surface area contributed by atoms with Crippen LogP contribution in [-0.4, -0.2) is 88.6 Å². The number of aliphatic hydroxyl groups excluding tert-OH is 1. The summed E-state index contributed by atoms with van der Waals surface area (Å²) in [5, 5.41) is 10.3. The molecule has 254 valence electrons. The number of halogens is 1. The fraction of sp³-hybridized carbons (Fsp3) is 0.459. The maximum absolute atomic E-state index is 15.0. The van der Waals surface area contributed by atoms with E-state index < -0.39 is 65.6 Å². The number of esters is 1. The van der Waals surface area contributed by atoms with E-state index in [1.807, 2.05) is 81.5 Å². The van der Waals surface area contributed by atoms with Crippen LogP contribution in [0.5, 0.6) is 0 Å². The van der Waals surface area contributed by atoms with Crippen LogP contribution in [0, 0.1) is 25.7 Å². The first-order chi connectivity index (χ1) is 22.9. The van der Waals surface area contributed by atoms with E-state index in [0.717, 1.165) is 11.1 Å². The van der Waals surface area contributed by atoms with E-state index in [2.05, 4.69) is 15.9 Å². The monoisotopic (exact) mass is 719 g/mol. The van der Waals surface area contributed by atoms with Crippen molar-refractivity contribution in [2.75, 3.05) is 25.1 Å². The third-order valence-corrected chi connectivity index (χ3v) is 11.0. The minimum Gasteiger partial charge on any atom is -0.455 e. The van der Waals surface area contributed by atoms with Crippen molar-refractivity contribution in [1.82, 2.24) is 9.80 Å². The number of carbonyl (C=O) groups is 4. The van der Waals surface area contributed by atoms with Crippen molar-refractivity contribution >= 4 is 45.3 Å². The molecule has 0 radical (unpaired) electrons. The van der Waals surface area contributed by atoms with Gasteiger partial charge in [0.1, 0.15) is 29.8 Å². The molecular formula is C37H42BrN3O7. The molecule has 4 heterocycles. The van der Waals surface area contributed by atoms with Crippen LogP contribution in [0.1, 0.15) is 49.5 Å². The average molecular weight is 721 g/mol. The number of anilines is 1. The van der Waals surface area contributed by atoms with Crippen molar-refractivity contribution in [3.63, 3.8) is 0 Å². The van der Waals surface area contributed by atoms with Gasteiger partial charge in [-0.2, -0.15) is 0 Å². The first kappa shape index (κ1) is 34.1. The minimum absolute atomic E-state index is 0.119. The van der Waals surface area contributed by atoms with Gasteiger partial charge in [-0.1, -0.05) is 70.5 Å². The van der Waals surface area contributed by atoms with Crippen LogP contribution in [0.3, 0.4) is 0 Å². The normalized spacial score (nSPS) is 32.3. The Morgan fingerprint density at radius 1 is 1.02 bits per heavy atom. The molecule has 10 nitrogen and oxygen atoms in total. The predicted octanol–water partition coefficient (Wildman–Crippen LogP) is 4.37. The van der Waals surface area contributed by atoms with E-state index >= 15 is 4.79 Å².